The molecular formula is C72H92N2O8. The smallest absolute Gasteiger partial charge is 0.104 e. The second-order valence-corrected chi connectivity index (χ2v) is 23.2. The molecule has 0 spiro atoms. The van der Waals surface area contributed by atoms with E-state index in [0.717, 1.165) is 152 Å². The molecule has 5 atom stereocenters. The normalized spacial score (nSPS) is 18.1. The Hall–Kier alpha value is -5.40. The van der Waals surface area contributed by atoms with Gasteiger partial charge in [0.25, 0.3) is 0 Å². The van der Waals surface area contributed by atoms with E-state index >= 15 is 0 Å². The first-order valence-electron chi connectivity index (χ1n) is 31.6. The van der Waals surface area contributed by atoms with Crippen molar-refractivity contribution >= 4 is 34.1 Å². The van der Waals surface area contributed by atoms with Crippen molar-refractivity contribution in [2.45, 2.75) is 159 Å². The molecule has 438 valence electrons. The van der Waals surface area contributed by atoms with Gasteiger partial charge in [-0.3, -0.25) is 0 Å². The summed E-state index contributed by atoms with van der Waals surface area (Å²) in [6.07, 6.45) is 23.2. The van der Waals surface area contributed by atoms with E-state index in [1.54, 1.807) is 0 Å². The summed E-state index contributed by atoms with van der Waals surface area (Å²) >= 11 is 0. The first-order valence-corrected chi connectivity index (χ1v) is 31.6. The van der Waals surface area contributed by atoms with E-state index in [1.807, 2.05) is 0 Å². The second kappa shape index (κ2) is 32.6. The van der Waals surface area contributed by atoms with Gasteiger partial charge in [-0.1, -0.05) is 138 Å². The number of aryl methyl sites for hydroxylation is 3. The van der Waals surface area contributed by atoms with E-state index in [-0.39, 0.29) is 12.2 Å². The van der Waals surface area contributed by atoms with Crippen molar-refractivity contribution in [3.8, 4) is 11.1 Å². The van der Waals surface area contributed by atoms with Crippen LogP contribution in [0.4, 0.5) is 34.1 Å². The Morgan fingerprint density at radius 2 is 0.659 bits per heavy atom. The Kier molecular flexibility index (Phi) is 23.8. The van der Waals surface area contributed by atoms with Crippen LogP contribution in [0, 0.1) is 0 Å². The monoisotopic (exact) mass is 1110 g/mol. The number of rotatable bonds is 42. The molecule has 4 fully saturated rings. The molecule has 10 heteroatoms. The molecule has 0 bridgehead atoms. The molecule has 0 amide bonds. The van der Waals surface area contributed by atoms with Crippen molar-refractivity contribution in [3.05, 3.63) is 168 Å². The number of unbranched alkanes of at least 4 members (excludes halogenated alkanes) is 11. The highest BCUT2D eigenvalue weighted by molar-refractivity contribution is 5.81. The fourth-order valence-corrected chi connectivity index (χ4v) is 10.9. The maximum absolute atomic E-state index is 6.49. The number of epoxide rings is 4. The Labute approximate surface area is 490 Å². The number of nitrogens with zero attached hydrogens (tertiary/aromatic N) is 2. The van der Waals surface area contributed by atoms with Gasteiger partial charge < -0.3 is 47.7 Å². The molecule has 0 aliphatic carbocycles. The highest BCUT2D eigenvalue weighted by Crippen LogP contribution is 2.40. The SMILES string of the molecule is CCCCCC(OCC1CO1)c1ccc(N(c2ccc(CCCCCCOCC3CO3)cc2)c2ccc(-c3ccc(N(c4ccc(CCCCCCOCC5CO5)cc4)c4ccc(CCCCCCOCC5CO5)cc4)cc3)cc2)cc1. The quantitative estimate of drug-likeness (QED) is 0.0272. The third-order valence-electron chi connectivity index (χ3n) is 16.3. The van der Waals surface area contributed by atoms with Crippen LogP contribution >= 0.6 is 0 Å². The molecule has 6 aromatic carbocycles. The molecule has 0 aromatic heterocycles. The third kappa shape index (κ3) is 20.2. The summed E-state index contributed by atoms with van der Waals surface area (Å²) in [7, 11) is 0. The zero-order valence-electron chi connectivity index (χ0n) is 49.1. The molecule has 5 unspecified atom stereocenters. The third-order valence-corrected chi connectivity index (χ3v) is 16.3. The molecule has 10 nitrogen and oxygen atoms in total. The van der Waals surface area contributed by atoms with Gasteiger partial charge in [0, 0.05) is 53.9 Å². The number of anilines is 6. The lowest BCUT2D eigenvalue weighted by Gasteiger charge is -2.27. The summed E-state index contributed by atoms with van der Waals surface area (Å²) in [4.78, 5) is 4.79. The van der Waals surface area contributed by atoms with E-state index in [9.17, 15) is 0 Å². The number of ether oxygens (including phenoxy) is 8. The maximum atomic E-state index is 6.49. The van der Waals surface area contributed by atoms with Crippen LogP contribution in [0.15, 0.2) is 146 Å². The Morgan fingerprint density at radius 1 is 0.354 bits per heavy atom. The highest BCUT2D eigenvalue weighted by atomic mass is 16.6. The first-order chi connectivity index (χ1) is 40.6. The van der Waals surface area contributed by atoms with Crippen molar-refractivity contribution in [1.82, 2.24) is 0 Å². The van der Waals surface area contributed by atoms with Gasteiger partial charge in [0.05, 0.1) is 59.0 Å². The predicted molar refractivity (Wildman–Crippen MR) is 332 cm³/mol. The second-order valence-electron chi connectivity index (χ2n) is 23.2. The molecule has 4 aliphatic rings. The Balaban J connectivity index is 0.814. The fraction of sp³-hybridized carbons (Fsp3) is 0.500. The predicted octanol–water partition coefficient (Wildman–Crippen LogP) is 16.9. The van der Waals surface area contributed by atoms with Gasteiger partial charge in [-0.25, -0.2) is 0 Å². The molecule has 4 heterocycles. The van der Waals surface area contributed by atoms with Crippen LogP contribution in [0.2, 0.25) is 0 Å². The highest BCUT2D eigenvalue weighted by Gasteiger charge is 2.26. The van der Waals surface area contributed by atoms with E-state index in [1.165, 1.54) is 104 Å². The van der Waals surface area contributed by atoms with Gasteiger partial charge in [0.2, 0.25) is 0 Å². The van der Waals surface area contributed by atoms with Crippen molar-refractivity contribution in [3.63, 3.8) is 0 Å². The number of hydrogen-bond donors (Lipinski definition) is 0. The molecule has 4 aliphatic heterocycles. The number of hydrogen-bond acceptors (Lipinski definition) is 10. The number of benzene rings is 6. The van der Waals surface area contributed by atoms with E-state index in [0.29, 0.717) is 24.9 Å². The maximum Gasteiger partial charge on any atom is 0.104 e. The van der Waals surface area contributed by atoms with Crippen molar-refractivity contribution in [2.24, 2.45) is 0 Å². The molecule has 0 N–H and O–H groups in total. The zero-order valence-corrected chi connectivity index (χ0v) is 49.1. The van der Waals surface area contributed by atoms with E-state index in [2.05, 4.69) is 162 Å². The molecule has 4 saturated heterocycles. The topological polar surface area (TPSA) is 93.5 Å². The van der Waals surface area contributed by atoms with Crippen LogP contribution in [0.25, 0.3) is 11.1 Å². The zero-order chi connectivity index (χ0) is 55.8. The first kappa shape index (κ1) is 59.7. The van der Waals surface area contributed by atoms with Gasteiger partial charge >= 0.3 is 0 Å². The summed E-state index contributed by atoms with van der Waals surface area (Å²) < 4.78 is 45.1. The summed E-state index contributed by atoms with van der Waals surface area (Å²) in [5.41, 5.74) is 14.5. The average molecular weight is 1110 g/mol. The fourth-order valence-electron chi connectivity index (χ4n) is 10.9. The van der Waals surface area contributed by atoms with Crippen LogP contribution in [-0.4, -0.2) is 97.1 Å². The van der Waals surface area contributed by atoms with Crippen LogP contribution in [0.3, 0.4) is 0 Å². The summed E-state index contributed by atoms with van der Waals surface area (Å²) in [5.74, 6) is 0. The lowest BCUT2D eigenvalue weighted by atomic mass is 10.0. The van der Waals surface area contributed by atoms with Gasteiger partial charge in [-0.15, -0.1) is 0 Å². The Bertz CT molecular complexity index is 2630. The van der Waals surface area contributed by atoms with Crippen LogP contribution in [0.5, 0.6) is 0 Å². The van der Waals surface area contributed by atoms with Gasteiger partial charge in [0.1, 0.15) is 24.4 Å². The van der Waals surface area contributed by atoms with Crippen molar-refractivity contribution in [1.29, 1.82) is 0 Å². The minimum atomic E-state index is 0.0600. The van der Waals surface area contributed by atoms with Crippen molar-refractivity contribution < 1.29 is 37.9 Å². The van der Waals surface area contributed by atoms with Crippen LogP contribution in [0.1, 0.15) is 138 Å². The minimum Gasteiger partial charge on any atom is -0.379 e. The van der Waals surface area contributed by atoms with Gasteiger partial charge in [-0.2, -0.15) is 0 Å². The van der Waals surface area contributed by atoms with Crippen LogP contribution in [-0.2, 0) is 57.2 Å². The minimum absolute atomic E-state index is 0.0600. The van der Waals surface area contributed by atoms with Crippen molar-refractivity contribution in [2.75, 3.05) is 82.5 Å². The van der Waals surface area contributed by atoms with E-state index in [4.69, 9.17) is 37.9 Å². The summed E-state index contributed by atoms with van der Waals surface area (Å²) in [6.45, 7) is 11.0. The molecule has 10 rings (SSSR count). The molecule has 82 heavy (non-hydrogen) atoms. The lowest BCUT2D eigenvalue weighted by Crippen LogP contribution is -2.12. The standard InChI is InChI=1S/C72H92N2O8/c1-2-3-10-20-72(82-55-71-54-81-71)61-31-43-67(44-32-61)74(64-37-25-58(26-38-64)19-13-6-9-16-47-77-50-70-53-80-70)66-41-29-60(30-42-66)59-27-39-65(40-28-59)73(62-33-21-56(22-34-62)17-11-4-7-14-45-75-48-68-51-78-68)63-35-23-57(24-36-63)18-12-5-8-15-46-76-49-69-52-79-69/h21-44,68-72H,2-20,45-55H2,1H3. The lowest BCUT2D eigenvalue weighted by molar-refractivity contribution is 0.0347. The molecular weight excluding hydrogens is 1020 g/mol. The average Bonchev–Trinajstić information content (AvgIpc) is 4.40. The largest absolute Gasteiger partial charge is 0.379 e. The van der Waals surface area contributed by atoms with Gasteiger partial charge in [0.15, 0.2) is 0 Å². The van der Waals surface area contributed by atoms with E-state index < -0.39 is 0 Å². The molecule has 6 aromatic rings. The molecule has 0 saturated carbocycles. The van der Waals surface area contributed by atoms with Crippen LogP contribution < -0.4 is 9.80 Å². The summed E-state index contributed by atoms with van der Waals surface area (Å²) in [6, 6.07) is 55.0. The summed E-state index contributed by atoms with van der Waals surface area (Å²) in [5, 5.41) is 0. The van der Waals surface area contributed by atoms with Gasteiger partial charge in [-0.05, 0) is 170 Å². The Morgan fingerprint density at radius 3 is 0.988 bits per heavy atom. The molecule has 0 radical (unpaired) electrons.